The van der Waals surface area contributed by atoms with Gasteiger partial charge in [0.1, 0.15) is 0 Å². The van der Waals surface area contributed by atoms with Crippen LogP contribution < -0.4 is 0 Å². The highest BCUT2D eigenvalue weighted by molar-refractivity contribution is 8.03. The minimum atomic E-state index is 0.847. The van der Waals surface area contributed by atoms with E-state index in [0.29, 0.717) is 0 Å². The molecule has 0 aromatic carbocycles. The fraction of sp³-hybridized carbons (Fsp3) is 0.333. The van der Waals surface area contributed by atoms with Crippen molar-refractivity contribution in [2.45, 2.75) is 11.7 Å². The Morgan fingerprint density at radius 3 is 2.71 bits per heavy atom. The monoisotopic (exact) mass is 110 g/mol. The van der Waals surface area contributed by atoms with Gasteiger partial charge in [-0.2, -0.15) is 0 Å². The van der Waals surface area contributed by atoms with Crippen molar-refractivity contribution in [1.29, 1.82) is 0 Å². The van der Waals surface area contributed by atoms with Crippen molar-refractivity contribution >= 4 is 11.8 Å². The predicted octanol–water partition coefficient (Wildman–Crippen LogP) is 1.95. The minimum Gasteiger partial charge on any atom is -0.126 e. The molecule has 3 aliphatic rings. The highest BCUT2D eigenvalue weighted by atomic mass is 32.2. The van der Waals surface area contributed by atoms with Gasteiger partial charge in [0.05, 0.1) is 0 Å². The largest absolute Gasteiger partial charge is 0.126 e. The molecule has 1 atom stereocenters. The molecule has 1 heteroatoms. The van der Waals surface area contributed by atoms with Gasteiger partial charge in [0, 0.05) is 5.25 Å². The number of thioether (sulfide) groups is 1. The Labute approximate surface area is 47.3 Å². The summed E-state index contributed by atoms with van der Waals surface area (Å²) in [5.41, 5.74) is 1.53. The van der Waals surface area contributed by atoms with Crippen LogP contribution in [-0.4, -0.2) is 5.25 Å². The molecule has 0 saturated carbocycles. The van der Waals surface area contributed by atoms with Crippen molar-refractivity contribution in [1.82, 2.24) is 0 Å². The van der Waals surface area contributed by atoms with Gasteiger partial charge in [-0.1, -0.05) is 12.2 Å². The first-order chi connectivity index (χ1) is 3.45. The summed E-state index contributed by atoms with van der Waals surface area (Å²) in [4.78, 5) is 0. The molecule has 0 aromatic heterocycles. The smallest absolute Gasteiger partial charge is 0.0314 e. The first-order valence-electron chi connectivity index (χ1n) is 2.48. The van der Waals surface area contributed by atoms with Gasteiger partial charge in [-0.3, -0.25) is 0 Å². The highest BCUT2D eigenvalue weighted by Gasteiger charge is 2.19. The average molecular weight is 110 g/mol. The van der Waals surface area contributed by atoms with E-state index in [1.165, 1.54) is 12.0 Å². The first-order valence-corrected chi connectivity index (χ1v) is 3.42. The SMILES string of the molecule is C1=CC2=CC(C2)S1. The highest BCUT2D eigenvalue weighted by Crippen LogP contribution is 2.36. The quantitative estimate of drug-likeness (QED) is 0.459. The van der Waals surface area contributed by atoms with Gasteiger partial charge < -0.3 is 0 Å². The molecule has 0 aromatic rings. The zero-order valence-electron chi connectivity index (χ0n) is 3.92. The number of hydrogen-bond acceptors (Lipinski definition) is 1. The zero-order chi connectivity index (χ0) is 4.69. The summed E-state index contributed by atoms with van der Waals surface area (Å²) in [7, 11) is 0. The summed E-state index contributed by atoms with van der Waals surface area (Å²) in [6, 6.07) is 0. The van der Waals surface area contributed by atoms with E-state index in [1.54, 1.807) is 0 Å². The van der Waals surface area contributed by atoms with Crippen molar-refractivity contribution in [3.8, 4) is 0 Å². The molecule has 0 N–H and O–H groups in total. The van der Waals surface area contributed by atoms with Crippen molar-refractivity contribution in [2.24, 2.45) is 0 Å². The Kier molecular flexibility index (Phi) is 0.627. The maximum atomic E-state index is 2.32. The van der Waals surface area contributed by atoms with Crippen molar-refractivity contribution in [3.63, 3.8) is 0 Å². The van der Waals surface area contributed by atoms with Crippen molar-refractivity contribution < 1.29 is 0 Å². The van der Waals surface area contributed by atoms with Gasteiger partial charge in [0.15, 0.2) is 0 Å². The Bertz CT molecular complexity index is 142. The second-order valence-corrected chi connectivity index (χ2v) is 3.07. The number of hydrogen-bond donors (Lipinski definition) is 0. The van der Waals surface area contributed by atoms with Gasteiger partial charge in [-0.15, -0.1) is 11.8 Å². The molecule has 2 bridgehead atoms. The number of fused-ring (bicyclic) bond motifs is 1. The lowest BCUT2D eigenvalue weighted by Gasteiger charge is -2.25. The van der Waals surface area contributed by atoms with Gasteiger partial charge >= 0.3 is 0 Å². The lowest BCUT2D eigenvalue weighted by atomic mass is 9.98. The summed E-state index contributed by atoms with van der Waals surface area (Å²) in [6.07, 6.45) is 5.84. The second-order valence-electron chi connectivity index (χ2n) is 1.92. The number of rotatable bonds is 0. The van der Waals surface area contributed by atoms with E-state index < -0.39 is 0 Å². The molecule has 1 unspecified atom stereocenters. The van der Waals surface area contributed by atoms with Crippen LogP contribution >= 0.6 is 11.8 Å². The van der Waals surface area contributed by atoms with Crippen LogP contribution in [-0.2, 0) is 0 Å². The Morgan fingerprint density at radius 2 is 2.57 bits per heavy atom. The molecule has 0 nitrogen and oxygen atoms in total. The Hall–Kier alpha value is -0.170. The molecule has 1 aliphatic carbocycles. The summed E-state index contributed by atoms with van der Waals surface area (Å²) in [5, 5.41) is 3.03. The second kappa shape index (κ2) is 1.16. The first kappa shape index (κ1) is 3.79. The third kappa shape index (κ3) is 0.447. The van der Waals surface area contributed by atoms with E-state index in [-0.39, 0.29) is 0 Å². The predicted molar refractivity (Wildman–Crippen MR) is 33.2 cm³/mol. The number of allylic oxidation sites excluding steroid dienone is 2. The molecule has 0 saturated heterocycles. The molecular weight excluding hydrogens is 104 g/mol. The summed E-state index contributed by atoms with van der Waals surface area (Å²) in [5.74, 6) is 0. The lowest BCUT2D eigenvalue weighted by molar-refractivity contribution is 0.922. The fourth-order valence-electron chi connectivity index (χ4n) is 0.876. The molecule has 2 heterocycles. The molecule has 36 valence electrons. The van der Waals surface area contributed by atoms with E-state index in [1.807, 2.05) is 11.8 Å². The zero-order valence-corrected chi connectivity index (χ0v) is 4.74. The fourth-order valence-corrected chi connectivity index (χ4v) is 1.87. The van der Waals surface area contributed by atoms with Gasteiger partial charge in [-0.25, -0.2) is 0 Å². The molecule has 7 heavy (non-hydrogen) atoms. The third-order valence-electron chi connectivity index (χ3n) is 1.37. The summed E-state index contributed by atoms with van der Waals surface area (Å²) < 4.78 is 0. The maximum Gasteiger partial charge on any atom is 0.0314 e. The van der Waals surface area contributed by atoms with Gasteiger partial charge in [-0.05, 0) is 17.4 Å². The molecule has 0 amide bonds. The molecule has 0 fully saturated rings. The van der Waals surface area contributed by atoms with Crippen LogP contribution in [0.5, 0.6) is 0 Å². The lowest BCUT2D eigenvalue weighted by Crippen LogP contribution is -2.12. The standard InChI is InChI=1S/C6H6S/c1-2-7-6-3-5(1)4-6/h1-3,6H,4H2. The molecule has 0 spiro atoms. The van der Waals surface area contributed by atoms with Crippen molar-refractivity contribution in [2.75, 3.05) is 0 Å². The normalized spacial score (nSPS) is 34.3. The summed E-state index contributed by atoms with van der Waals surface area (Å²) in [6.45, 7) is 0. The van der Waals surface area contributed by atoms with Crippen molar-refractivity contribution in [3.05, 3.63) is 23.1 Å². The van der Waals surface area contributed by atoms with Crippen LogP contribution in [0, 0.1) is 0 Å². The molecule has 2 aliphatic heterocycles. The van der Waals surface area contributed by atoms with E-state index in [9.17, 15) is 0 Å². The molecular formula is C6H6S. The minimum absolute atomic E-state index is 0.847. The van der Waals surface area contributed by atoms with Gasteiger partial charge in [0.25, 0.3) is 0 Å². The molecule has 3 rings (SSSR count). The van der Waals surface area contributed by atoms with Crippen LogP contribution in [0.15, 0.2) is 23.1 Å². The topological polar surface area (TPSA) is 0 Å². The maximum absolute atomic E-state index is 2.32. The Balaban J connectivity index is 2.36. The van der Waals surface area contributed by atoms with Crippen LogP contribution in [0.3, 0.4) is 0 Å². The van der Waals surface area contributed by atoms with E-state index in [0.717, 1.165) is 5.25 Å². The van der Waals surface area contributed by atoms with Crippen LogP contribution in [0.4, 0.5) is 0 Å². The molecule has 0 radical (unpaired) electrons. The van der Waals surface area contributed by atoms with E-state index in [4.69, 9.17) is 0 Å². The average Bonchev–Trinajstić information content (AvgIpc) is 1.67. The van der Waals surface area contributed by atoms with Crippen LogP contribution in [0.25, 0.3) is 0 Å². The van der Waals surface area contributed by atoms with Gasteiger partial charge in [0.2, 0.25) is 0 Å². The van der Waals surface area contributed by atoms with E-state index >= 15 is 0 Å². The van der Waals surface area contributed by atoms with Crippen LogP contribution in [0.2, 0.25) is 0 Å². The third-order valence-corrected chi connectivity index (χ3v) is 2.32. The van der Waals surface area contributed by atoms with E-state index in [2.05, 4.69) is 17.6 Å². The summed E-state index contributed by atoms with van der Waals surface area (Å²) >= 11 is 1.93. The van der Waals surface area contributed by atoms with Crippen LogP contribution in [0.1, 0.15) is 6.42 Å². The Morgan fingerprint density at radius 1 is 1.71 bits per heavy atom.